The first-order valence-corrected chi connectivity index (χ1v) is 7.55. The maximum atomic E-state index is 13.4. The standard InChI is InChI=1S/C15H17F4N3O3/c16-10-5-11(17)14(19)15(13(10)18)25-8-9(23)6-21-12(24)7-22-3-1-20-2-4-22/h5,20H,1-4,6-8H2,(H,21,24). The third-order valence-electron chi connectivity index (χ3n) is 3.51. The molecule has 0 radical (unpaired) electrons. The highest BCUT2D eigenvalue weighted by Gasteiger charge is 2.21. The van der Waals surface area contributed by atoms with E-state index in [0.717, 1.165) is 13.1 Å². The molecule has 0 spiro atoms. The lowest BCUT2D eigenvalue weighted by atomic mass is 10.3. The Morgan fingerprint density at radius 2 is 1.72 bits per heavy atom. The first-order valence-electron chi connectivity index (χ1n) is 7.55. The van der Waals surface area contributed by atoms with Gasteiger partial charge in [0.2, 0.25) is 17.5 Å². The zero-order valence-electron chi connectivity index (χ0n) is 13.2. The van der Waals surface area contributed by atoms with E-state index in [1.807, 2.05) is 4.90 Å². The third kappa shape index (κ3) is 5.40. The number of ketones is 1. The normalized spacial score (nSPS) is 15.0. The van der Waals surface area contributed by atoms with Crippen molar-refractivity contribution < 1.29 is 31.9 Å². The number of halogens is 4. The molecule has 0 aliphatic carbocycles. The lowest BCUT2D eigenvalue weighted by Crippen LogP contribution is -2.48. The fourth-order valence-corrected chi connectivity index (χ4v) is 2.21. The summed E-state index contributed by atoms with van der Waals surface area (Å²) in [5.41, 5.74) is 0. The molecule has 2 rings (SSSR count). The number of amides is 1. The predicted octanol–water partition coefficient (Wildman–Crippen LogP) is 0.212. The Balaban J connectivity index is 1.78. The maximum absolute atomic E-state index is 13.4. The van der Waals surface area contributed by atoms with Crippen LogP contribution in [0, 0.1) is 23.3 Å². The van der Waals surface area contributed by atoms with Gasteiger partial charge >= 0.3 is 0 Å². The molecule has 1 saturated heterocycles. The molecule has 1 aliphatic rings. The van der Waals surface area contributed by atoms with E-state index in [1.54, 1.807) is 0 Å². The second kappa shape index (κ2) is 8.77. The molecule has 0 aromatic heterocycles. The number of rotatable bonds is 7. The first-order chi connectivity index (χ1) is 11.9. The zero-order chi connectivity index (χ0) is 18.4. The summed E-state index contributed by atoms with van der Waals surface area (Å²) in [6.45, 7) is 1.79. The number of benzene rings is 1. The van der Waals surface area contributed by atoms with Crippen LogP contribution >= 0.6 is 0 Å². The molecule has 10 heteroatoms. The summed E-state index contributed by atoms with van der Waals surface area (Å²) in [5, 5.41) is 5.48. The summed E-state index contributed by atoms with van der Waals surface area (Å²) in [6, 6.07) is 0.0374. The number of piperazine rings is 1. The Bertz CT molecular complexity index is 625. The highest BCUT2D eigenvalue weighted by molar-refractivity contribution is 5.87. The van der Waals surface area contributed by atoms with Crippen LogP contribution in [-0.2, 0) is 9.59 Å². The van der Waals surface area contributed by atoms with Crippen LogP contribution in [0.4, 0.5) is 17.6 Å². The molecule has 2 N–H and O–H groups in total. The molecule has 1 aliphatic heterocycles. The topological polar surface area (TPSA) is 70.7 Å². The van der Waals surface area contributed by atoms with Gasteiger partial charge in [0.05, 0.1) is 13.1 Å². The molecular formula is C15H17F4N3O3. The van der Waals surface area contributed by atoms with Crippen molar-refractivity contribution in [3.63, 3.8) is 0 Å². The van der Waals surface area contributed by atoms with Crippen molar-refractivity contribution in [3.8, 4) is 5.75 Å². The molecular weight excluding hydrogens is 346 g/mol. The van der Waals surface area contributed by atoms with Crippen molar-refractivity contribution in [2.45, 2.75) is 0 Å². The van der Waals surface area contributed by atoms with Gasteiger partial charge in [0.1, 0.15) is 6.61 Å². The summed E-state index contributed by atoms with van der Waals surface area (Å²) in [4.78, 5) is 25.2. The van der Waals surface area contributed by atoms with Crippen molar-refractivity contribution in [2.75, 3.05) is 45.9 Å². The molecule has 25 heavy (non-hydrogen) atoms. The van der Waals surface area contributed by atoms with Crippen molar-refractivity contribution in [2.24, 2.45) is 0 Å². The largest absolute Gasteiger partial charge is 0.479 e. The van der Waals surface area contributed by atoms with Crippen LogP contribution < -0.4 is 15.4 Å². The summed E-state index contributed by atoms with van der Waals surface area (Å²) < 4.78 is 57.3. The van der Waals surface area contributed by atoms with E-state index in [9.17, 15) is 27.2 Å². The number of hydrogen-bond donors (Lipinski definition) is 2. The second-order valence-electron chi connectivity index (χ2n) is 5.43. The minimum atomic E-state index is -1.73. The monoisotopic (exact) mass is 363 g/mol. The molecule has 1 amide bonds. The van der Waals surface area contributed by atoms with E-state index in [4.69, 9.17) is 0 Å². The fraction of sp³-hybridized carbons (Fsp3) is 0.467. The van der Waals surface area contributed by atoms with Crippen molar-refractivity contribution in [1.82, 2.24) is 15.5 Å². The quantitative estimate of drug-likeness (QED) is 0.536. The molecule has 1 aromatic rings. The summed E-state index contributed by atoms with van der Waals surface area (Å²) in [6.07, 6.45) is 0. The molecule has 1 aromatic carbocycles. The predicted molar refractivity (Wildman–Crippen MR) is 79.1 cm³/mol. The average Bonchev–Trinajstić information content (AvgIpc) is 2.59. The number of nitrogens with zero attached hydrogens (tertiary/aromatic N) is 1. The lowest BCUT2D eigenvalue weighted by molar-refractivity contribution is -0.126. The van der Waals surface area contributed by atoms with Gasteiger partial charge in [-0.3, -0.25) is 14.5 Å². The van der Waals surface area contributed by atoms with Gasteiger partial charge in [-0.05, 0) is 0 Å². The van der Waals surface area contributed by atoms with E-state index >= 15 is 0 Å². The summed E-state index contributed by atoms with van der Waals surface area (Å²) in [5.74, 6) is -9.13. The Labute approximate surface area is 141 Å². The van der Waals surface area contributed by atoms with E-state index in [2.05, 4.69) is 15.4 Å². The fourth-order valence-electron chi connectivity index (χ4n) is 2.21. The summed E-state index contributed by atoms with van der Waals surface area (Å²) in [7, 11) is 0. The molecule has 138 valence electrons. The van der Waals surface area contributed by atoms with Gasteiger partial charge in [-0.2, -0.15) is 8.78 Å². The SMILES string of the molecule is O=C(CNC(=O)CN1CCNCC1)COc1c(F)c(F)cc(F)c1F. The van der Waals surface area contributed by atoms with E-state index < -0.39 is 48.0 Å². The van der Waals surface area contributed by atoms with Gasteiger partial charge in [-0.15, -0.1) is 0 Å². The molecule has 0 atom stereocenters. The van der Waals surface area contributed by atoms with Gasteiger partial charge in [0.25, 0.3) is 0 Å². The van der Waals surface area contributed by atoms with Gasteiger partial charge in [0, 0.05) is 32.2 Å². The van der Waals surface area contributed by atoms with E-state index in [1.165, 1.54) is 0 Å². The average molecular weight is 363 g/mol. The van der Waals surface area contributed by atoms with Crippen molar-refractivity contribution >= 4 is 11.7 Å². The van der Waals surface area contributed by atoms with Gasteiger partial charge in [-0.25, -0.2) is 8.78 Å². The van der Waals surface area contributed by atoms with Crippen LogP contribution in [0.5, 0.6) is 5.75 Å². The molecule has 1 heterocycles. The van der Waals surface area contributed by atoms with Gasteiger partial charge in [0.15, 0.2) is 23.2 Å². The zero-order valence-corrected chi connectivity index (χ0v) is 13.2. The molecule has 6 nitrogen and oxygen atoms in total. The van der Waals surface area contributed by atoms with E-state index in [0.29, 0.717) is 13.1 Å². The van der Waals surface area contributed by atoms with Crippen molar-refractivity contribution in [3.05, 3.63) is 29.3 Å². The molecule has 0 bridgehead atoms. The number of Topliss-reactive ketones (excluding diaryl/α,β-unsaturated/α-hetero) is 1. The minimum Gasteiger partial charge on any atom is -0.479 e. The molecule has 0 unspecified atom stereocenters. The van der Waals surface area contributed by atoms with Crippen LogP contribution in [0.3, 0.4) is 0 Å². The number of carbonyl (C=O) groups excluding carboxylic acids is 2. The van der Waals surface area contributed by atoms with Crippen LogP contribution in [0.25, 0.3) is 0 Å². The minimum absolute atomic E-state index is 0.0374. The third-order valence-corrected chi connectivity index (χ3v) is 3.51. The highest BCUT2D eigenvalue weighted by Crippen LogP contribution is 2.26. The smallest absolute Gasteiger partial charge is 0.234 e. The Morgan fingerprint density at radius 3 is 2.32 bits per heavy atom. The van der Waals surface area contributed by atoms with Crippen LogP contribution in [0.1, 0.15) is 0 Å². The Morgan fingerprint density at radius 1 is 1.12 bits per heavy atom. The molecule has 0 saturated carbocycles. The van der Waals surface area contributed by atoms with Crippen LogP contribution in [0.2, 0.25) is 0 Å². The van der Waals surface area contributed by atoms with Gasteiger partial charge in [-0.1, -0.05) is 0 Å². The number of hydrogen-bond acceptors (Lipinski definition) is 5. The van der Waals surface area contributed by atoms with E-state index in [-0.39, 0.29) is 18.5 Å². The Hall–Kier alpha value is -2.20. The van der Waals surface area contributed by atoms with Crippen LogP contribution in [0.15, 0.2) is 6.07 Å². The Kier molecular flexibility index (Phi) is 6.71. The van der Waals surface area contributed by atoms with Crippen molar-refractivity contribution in [1.29, 1.82) is 0 Å². The molecule has 1 fully saturated rings. The van der Waals surface area contributed by atoms with Gasteiger partial charge < -0.3 is 15.4 Å². The summed E-state index contributed by atoms with van der Waals surface area (Å²) >= 11 is 0. The van der Waals surface area contributed by atoms with Crippen LogP contribution in [-0.4, -0.2) is 62.5 Å². The number of ether oxygens (including phenoxy) is 1. The maximum Gasteiger partial charge on any atom is 0.234 e. The first kappa shape index (κ1) is 19.1. The number of carbonyl (C=O) groups is 2. The lowest BCUT2D eigenvalue weighted by Gasteiger charge is -2.26. The number of nitrogens with one attached hydrogen (secondary N) is 2. The second-order valence-corrected chi connectivity index (χ2v) is 5.43. The highest BCUT2D eigenvalue weighted by atomic mass is 19.2.